The fourth-order valence-corrected chi connectivity index (χ4v) is 3.16. The minimum Gasteiger partial charge on any atom is -0.337 e. The molecule has 3 aromatic rings. The molecule has 3 heterocycles. The van der Waals surface area contributed by atoms with E-state index in [2.05, 4.69) is 25.3 Å². The van der Waals surface area contributed by atoms with Gasteiger partial charge in [-0.25, -0.2) is 4.98 Å². The summed E-state index contributed by atoms with van der Waals surface area (Å²) < 4.78 is 6.86. The van der Waals surface area contributed by atoms with Crippen LogP contribution in [-0.2, 0) is 6.54 Å². The Kier molecular flexibility index (Phi) is 4.06. The molecule has 0 aliphatic carbocycles. The van der Waals surface area contributed by atoms with E-state index >= 15 is 0 Å². The van der Waals surface area contributed by atoms with Gasteiger partial charge in [-0.1, -0.05) is 17.3 Å². The summed E-state index contributed by atoms with van der Waals surface area (Å²) in [6.45, 7) is 4.83. The van der Waals surface area contributed by atoms with Crippen LogP contribution < -0.4 is 10.9 Å². The van der Waals surface area contributed by atoms with E-state index in [0.29, 0.717) is 17.1 Å². The van der Waals surface area contributed by atoms with Crippen molar-refractivity contribution in [1.82, 2.24) is 29.9 Å². The maximum atomic E-state index is 12.7. The average molecular weight is 340 g/mol. The van der Waals surface area contributed by atoms with Gasteiger partial charge < -0.3 is 9.84 Å². The Labute approximate surface area is 144 Å². The molecule has 1 atom stereocenters. The highest BCUT2D eigenvalue weighted by atomic mass is 16.5. The van der Waals surface area contributed by atoms with E-state index in [1.807, 2.05) is 26.1 Å². The highest BCUT2D eigenvalue weighted by Gasteiger charge is 2.25. The summed E-state index contributed by atoms with van der Waals surface area (Å²) in [6, 6.07) is 5.68. The molecule has 0 bridgehead atoms. The number of hydrogen-bond donors (Lipinski definition) is 1. The van der Waals surface area contributed by atoms with Crippen molar-refractivity contribution < 1.29 is 4.52 Å². The van der Waals surface area contributed by atoms with Crippen LogP contribution in [0.3, 0.4) is 0 Å². The molecule has 8 nitrogen and oxygen atoms in total. The van der Waals surface area contributed by atoms with Crippen molar-refractivity contribution in [2.45, 2.75) is 19.5 Å². The largest absolute Gasteiger partial charge is 0.337 e. The van der Waals surface area contributed by atoms with Gasteiger partial charge >= 0.3 is 0 Å². The second-order valence-corrected chi connectivity index (χ2v) is 6.40. The molecular formula is C17H20N6O2. The molecule has 25 heavy (non-hydrogen) atoms. The summed E-state index contributed by atoms with van der Waals surface area (Å²) in [5, 5.41) is 8.01. The number of nitrogens with zero attached hydrogens (tertiary/aromatic N) is 5. The second kappa shape index (κ2) is 6.38. The maximum Gasteiger partial charge on any atom is 0.261 e. The van der Waals surface area contributed by atoms with Gasteiger partial charge in [0.2, 0.25) is 5.89 Å². The van der Waals surface area contributed by atoms with Gasteiger partial charge in [0.05, 0.1) is 23.3 Å². The summed E-state index contributed by atoms with van der Waals surface area (Å²) in [4.78, 5) is 23.7. The van der Waals surface area contributed by atoms with Crippen LogP contribution in [0, 0.1) is 6.92 Å². The molecule has 1 N–H and O–H groups in total. The van der Waals surface area contributed by atoms with Gasteiger partial charge in [0.25, 0.3) is 5.56 Å². The lowest BCUT2D eigenvalue weighted by atomic mass is 10.1. The van der Waals surface area contributed by atoms with Gasteiger partial charge in [0, 0.05) is 19.6 Å². The molecule has 130 valence electrons. The van der Waals surface area contributed by atoms with Crippen molar-refractivity contribution in [3.8, 4) is 0 Å². The van der Waals surface area contributed by atoms with Crippen molar-refractivity contribution in [2.24, 2.45) is 0 Å². The number of nitrogens with one attached hydrogen (secondary N) is 1. The Balaban J connectivity index is 1.62. The lowest BCUT2D eigenvalue weighted by molar-refractivity contribution is 0.190. The summed E-state index contributed by atoms with van der Waals surface area (Å²) in [6.07, 6.45) is 1.54. The zero-order valence-corrected chi connectivity index (χ0v) is 14.3. The van der Waals surface area contributed by atoms with E-state index in [1.165, 1.54) is 10.9 Å². The third-order valence-electron chi connectivity index (χ3n) is 4.65. The normalized spacial score (nSPS) is 18.7. The molecule has 0 radical (unpaired) electrons. The molecule has 1 aliphatic heterocycles. The number of para-hydroxylation sites is 1. The molecule has 2 aromatic heterocycles. The second-order valence-electron chi connectivity index (χ2n) is 6.40. The Morgan fingerprint density at radius 3 is 3.12 bits per heavy atom. The van der Waals surface area contributed by atoms with E-state index in [1.54, 1.807) is 6.07 Å². The first kappa shape index (κ1) is 15.9. The Morgan fingerprint density at radius 2 is 2.28 bits per heavy atom. The Morgan fingerprint density at radius 1 is 1.40 bits per heavy atom. The number of likely N-dealkylation sites (N-methyl/N-ethyl adjacent to an activating group) is 1. The molecule has 1 aliphatic rings. The number of benzene rings is 1. The monoisotopic (exact) mass is 340 g/mol. The fraction of sp³-hybridized carbons (Fsp3) is 0.412. The minimum absolute atomic E-state index is 0.0837. The lowest BCUT2D eigenvalue weighted by Gasteiger charge is -2.30. The highest BCUT2D eigenvalue weighted by molar-refractivity contribution is 5.80. The number of rotatable bonds is 3. The van der Waals surface area contributed by atoms with Crippen LogP contribution in [0.15, 0.2) is 33.8 Å². The van der Waals surface area contributed by atoms with Crippen LogP contribution in [0.1, 0.15) is 23.3 Å². The van der Waals surface area contributed by atoms with Gasteiger partial charge in [0.15, 0.2) is 5.82 Å². The number of fused-ring (bicyclic) bond motifs is 1. The third-order valence-corrected chi connectivity index (χ3v) is 4.65. The van der Waals surface area contributed by atoms with E-state index in [4.69, 9.17) is 4.52 Å². The molecule has 0 amide bonds. The van der Waals surface area contributed by atoms with Crippen molar-refractivity contribution in [2.75, 3.05) is 26.7 Å². The molecule has 1 saturated heterocycles. The van der Waals surface area contributed by atoms with Crippen LogP contribution in [0.25, 0.3) is 10.9 Å². The van der Waals surface area contributed by atoms with Gasteiger partial charge in [-0.2, -0.15) is 4.98 Å². The molecule has 1 unspecified atom stereocenters. The molecule has 1 aromatic carbocycles. The first-order valence-electron chi connectivity index (χ1n) is 8.31. The fourth-order valence-electron chi connectivity index (χ4n) is 3.16. The first-order valence-corrected chi connectivity index (χ1v) is 8.31. The van der Waals surface area contributed by atoms with E-state index in [0.717, 1.165) is 30.7 Å². The smallest absolute Gasteiger partial charge is 0.261 e. The minimum atomic E-state index is -0.107. The van der Waals surface area contributed by atoms with Crippen LogP contribution >= 0.6 is 0 Å². The SMILES string of the molecule is Cc1cccc2c(=O)n(Cc3nc(C4CNCCN4C)no3)cnc12. The van der Waals surface area contributed by atoms with Crippen LogP contribution in [-0.4, -0.2) is 51.3 Å². The summed E-state index contributed by atoms with van der Waals surface area (Å²) >= 11 is 0. The van der Waals surface area contributed by atoms with Crippen LogP contribution in [0.2, 0.25) is 0 Å². The molecule has 4 rings (SSSR count). The van der Waals surface area contributed by atoms with Crippen LogP contribution in [0.5, 0.6) is 0 Å². The molecular weight excluding hydrogens is 320 g/mol. The number of aryl methyl sites for hydroxylation is 1. The molecule has 1 fully saturated rings. The standard InChI is InChI=1S/C17H20N6O2/c1-11-4-3-5-12-15(11)19-10-23(17(12)24)9-14-20-16(21-25-14)13-8-18-6-7-22(13)2/h3-5,10,13,18H,6-9H2,1-2H3. The summed E-state index contributed by atoms with van der Waals surface area (Å²) in [5.41, 5.74) is 1.60. The third kappa shape index (κ3) is 2.94. The van der Waals surface area contributed by atoms with E-state index in [9.17, 15) is 4.79 Å². The van der Waals surface area contributed by atoms with Gasteiger partial charge in [-0.05, 0) is 25.6 Å². The highest BCUT2D eigenvalue weighted by Crippen LogP contribution is 2.18. The molecule has 0 spiro atoms. The van der Waals surface area contributed by atoms with Crippen molar-refractivity contribution in [3.63, 3.8) is 0 Å². The van der Waals surface area contributed by atoms with E-state index in [-0.39, 0.29) is 18.1 Å². The zero-order valence-electron chi connectivity index (χ0n) is 14.3. The van der Waals surface area contributed by atoms with Crippen LogP contribution in [0.4, 0.5) is 0 Å². The Bertz CT molecular complexity index is 963. The quantitative estimate of drug-likeness (QED) is 0.751. The molecule has 8 heteroatoms. The lowest BCUT2D eigenvalue weighted by Crippen LogP contribution is -2.44. The van der Waals surface area contributed by atoms with Crippen molar-refractivity contribution >= 4 is 10.9 Å². The topological polar surface area (TPSA) is 89.1 Å². The van der Waals surface area contributed by atoms with Gasteiger partial charge in [-0.15, -0.1) is 0 Å². The number of hydrogen-bond acceptors (Lipinski definition) is 7. The average Bonchev–Trinajstić information content (AvgIpc) is 3.07. The zero-order chi connectivity index (χ0) is 17.4. The van der Waals surface area contributed by atoms with Gasteiger partial charge in [0.1, 0.15) is 6.54 Å². The van der Waals surface area contributed by atoms with Crippen molar-refractivity contribution in [1.29, 1.82) is 0 Å². The predicted octanol–water partition coefficient (Wildman–Crippen LogP) is 0.712. The summed E-state index contributed by atoms with van der Waals surface area (Å²) in [7, 11) is 2.04. The number of aromatic nitrogens is 4. The predicted molar refractivity (Wildman–Crippen MR) is 92.4 cm³/mol. The number of piperazine rings is 1. The Hall–Kier alpha value is -2.58. The van der Waals surface area contributed by atoms with E-state index < -0.39 is 0 Å². The van der Waals surface area contributed by atoms with Gasteiger partial charge in [-0.3, -0.25) is 14.3 Å². The molecule has 0 saturated carbocycles. The maximum absolute atomic E-state index is 12.7. The first-order chi connectivity index (χ1) is 12.1. The summed E-state index contributed by atoms with van der Waals surface area (Å²) in [5.74, 6) is 1.05. The van der Waals surface area contributed by atoms with Crippen molar-refractivity contribution in [3.05, 3.63) is 52.2 Å².